The molecule has 2 aliphatic rings. The van der Waals surface area contributed by atoms with E-state index < -0.39 is 0 Å². The van der Waals surface area contributed by atoms with Crippen molar-refractivity contribution in [2.45, 2.75) is 44.4 Å². The van der Waals surface area contributed by atoms with E-state index in [1.807, 2.05) is 0 Å². The Bertz CT molecular complexity index is 740. The van der Waals surface area contributed by atoms with E-state index in [2.05, 4.69) is 50.7 Å². The Kier molecular flexibility index (Phi) is 5.34. The molecule has 1 saturated heterocycles. The van der Waals surface area contributed by atoms with Gasteiger partial charge in [-0.3, -0.25) is 9.89 Å². The minimum absolute atomic E-state index is 0.0268. The van der Waals surface area contributed by atoms with Crippen LogP contribution in [0.1, 0.15) is 58.9 Å². The summed E-state index contributed by atoms with van der Waals surface area (Å²) >= 11 is 0. The van der Waals surface area contributed by atoms with Gasteiger partial charge < -0.3 is 10.2 Å². The Labute approximate surface area is 155 Å². The molecule has 1 aromatic heterocycles. The van der Waals surface area contributed by atoms with Gasteiger partial charge in [0.2, 0.25) is 0 Å². The molecular weight excluding hydrogens is 324 g/mol. The molecule has 2 heterocycles. The number of fused-ring (bicyclic) bond motifs is 1. The number of H-pyrrole nitrogens is 1. The molecule has 0 unspecified atom stereocenters. The quantitative estimate of drug-likeness (QED) is 0.870. The van der Waals surface area contributed by atoms with Gasteiger partial charge in [0.05, 0.1) is 0 Å². The Morgan fingerprint density at radius 3 is 2.92 bits per heavy atom. The van der Waals surface area contributed by atoms with Crippen molar-refractivity contribution in [3.63, 3.8) is 0 Å². The molecule has 5 heteroatoms. The largest absolute Gasteiger partial charge is 0.349 e. The van der Waals surface area contributed by atoms with Crippen molar-refractivity contribution >= 4 is 5.91 Å². The average Bonchev–Trinajstić information content (AvgIpc) is 3.13. The zero-order chi connectivity index (χ0) is 17.8. The predicted molar refractivity (Wildman–Crippen MR) is 102 cm³/mol. The number of nitrogens with zero attached hydrogens (tertiary/aromatic N) is 2. The van der Waals surface area contributed by atoms with Crippen LogP contribution in [0.15, 0.2) is 30.3 Å². The molecule has 0 bridgehead atoms. The van der Waals surface area contributed by atoms with Crippen LogP contribution in [0.4, 0.5) is 0 Å². The number of piperidine rings is 1. The molecule has 2 N–H and O–H groups in total. The van der Waals surface area contributed by atoms with Crippen molar-refractivity contribution in [1.82, 2.24) is 20.4 Å². The second-order valence-electron chi connectivity index (χ2n) is 7.54. The van der Waals surface area contributed by atoms with Crippen LogP contribution in [0.3, 0.4) is 0 Å². The maximum atomic E-state index is 12.5. The number of nitrogens with one attached hydrogen (secondary N) is 2. The van der Waals surface area contributed by atoms with E-state index >= 15 is 0 Å². The monoisotopic (exact) mass is 352 g/mol. The summed E-state index contributed by atoms with van der Waals surface area (Å²) in [6.07, 6.45) is 6.81. The van der Waals surface area contributed by atoms with Crippen molar-refractivity contribution < 1.29 is 4.79 Å². The summed E-state index contributed by atoms with van der Waals surface area (Å²) in [4.78, 5) is 15.0. The lowest BCUT2D eigenvalue weighted by molar-refractivity contribution is 0.0939. The summed E-state index contributed by atoms with van der Waals surface area (Å²) in [6, 6.07) is 10.8. The molecule has 1 amide bonds. The van der Waals surface area contributed by atoms with Gasteiger partial charge in [-0.05, 0) is 56.6 Å². The number of benzene rings is 1. The number of aromatic nitrogens is 2. The zero-order valence-electron chi connectivity index (χ0n) is 15.3. The molecule has 1 aliphatic carbocycles. The predicted octanol–water partition coefficient (Wildman–Crippen LogP) is 2.90. The lowest BCUT2D eigenvalue weighted by Crippen LogP contribution is -2.40. The summed E-state index contributed by atoms with van der Waals surface area (Å²) in [6.45, 7) is 3.79. The van der Waals surface area contributed by atoms with Crippen molar-refractivity contribution in [2.24, 2.45) is 0 Å². The fraction of sp³-hybridized carbons (Fsp3) is 0.524. The van der Waals surface area contributed by atoms with Crippen LogP contribution >= 0.6 is 0 Å². The van der Waals surface area contributed by atoms with E-state index in [1.54, 1.807) is 0 Å². The van der Waals surface area contributed by atoms with Crippen LogP contribution < -0.4 is 5.32 Å². The van der Waals surface area contributed by atoms with Crippen LogP contribution in [0.2, 0.25) is 0 Å². The summed E-state index contributed by atoms with van der Waals surface area (Å²) in [5.41, 5.74) is 4.34. The van der Waals surface area contributed by atoms with Crippen LogP contribution in [-0.4, -0.2) is 47.2 Å². The number of rotatable bonds is 5. The van der Waals surface area contributed by atoms with E-state index in [9.17, 15) is 4.79 Å². The van der Waals surface area contributed by atoms with E-state index in [-0.39, 0.29) is 5.91 Å². The second kappa shape index (κ2) is 8.04. The molecule has 0 saturated carbocycles. The third-order valence-corrected chi connectivity index (χ3v) is 5.76. The normalized spacial score (nSPS) is 20.5. The Balaban J connectivity index is 1.28. The first-order chi connectivity index (χ1) is 12.8. The topological polar surface area (TPSA) is 61.0 Å². The first-order valence-corrected chi connectivity index (χ1v) is 9.93. The molecule has 1 fully saturated rings. The summed E-state index contributed by atoms with van der Waals surface area (Å²) < 4.78 is 0. The lowest BCUT2D eigenvalue weighted by atomic mass is 9.91. The minimum Gasteiger partial charge on any atom is -0.349 e. The molecule has 2 aromatic rings. The third kappa shape index (κ3) is 3.83. The minimum atomic E-state index is -0.0268. The highest BCUT2D eigenvalue weighted by atomic mass is 16.1. The van der Waals surface area contributed by atoms with Crippen LogP contribution in [-0.2, 0) is 12.8 Å². The van der Waals surface area contributed by atoms with Gasteiger partial charge in [-0.1, -0.05) is 30.3 Å². The van der Waals surface area contributed by atoms with E-state index in [4.69, 9.17) is 0 Å². The summed E-state index contributed by atoms with van der Waals surface area (Å²) in [5.74, 6) is 0.583. The zero-order valence-corrected chi connectivity index (χ0v) is 15.3. The lowest BCUT2D eigenvalue weighted by Gasteiger charge is -2.33. The number of hydrogen-bond donors (Lipinski definition) is 2. The molecule has 0 radical (unpaired) electrons. The summed E-state index contributed by atoms with van der Waals surface area (Å²) in [7, 11) is 0. The fourth-order valence-corrected chi connectivity index (χ4v) is 4.34. The Morgan fingerprint density at radius 1 is 1.19 bits per heavy atom. The highest BCUT2D eigenvalue weighted by Crippen LogP contribution is 2.26. The van der Waals surface area contributed by atoms with E-state index in [0.717, 1.165) is 50.2 Å². The molecule has 1 aromatic carbocycles. The van der Waals surface area contributed by atoms with Gasteiger partial charge in [-0.2, -0.15) is 5.10 Å². The third-order valence-electron chi connectivity index (χ3n) is 5.76. The molecule has 26 heavy (non-hydrogen) atoms. The SMILES string of the molecule is O=C(NCCN1CCC[C@@H](c2ccccc2)C1)c1n[nH]c2c1CCCC2. The number of likely N-dealkylation sites (tertiary alicyclic amines) is 1. The molecule has 0 spiro atoms. The molecule has 5 nitrogen and oxygen atoms in total. The summed E-state index contributed by atoms with van der Waals surface area (Å²) in [5, 5.41) is 10.4. The number of carbonyl (C=O) groups excluding carboxylic acids is 1. The maximum Gasteiger partial charge on any atom is 0.272 e. The first kappa shape index (κ1) is 17.3. The number of amides is 1. The van der Waals surface area contributed by atoms with Gasteiger partial charge in [-0.15, -0.1) is 0 Å². The van der Waals surface area contributed by atoms with Gasteiger partial charge in [0, 0.05) is 30.9 Å². The number of carbonyl (C=O) groups is 1. The molecule has 1 atom stereocenters. The Hall–Kier alpha value is -2.14. The second-order valence-corrected chi connectivity index (χ2v) is 7.54. The van der Waals surface area contributed by atoms with Crippen LogP contribution in [0.25, 0.3) is 0 Å². The first-order valence-electron chi connectivity index (χ1n) is 9.93. The van der Waals surface area contributed by atoms with E-state index in [0.29, 0.717) is 18.2 Å². The van der Waals surface area contributed by atoms with Gasteiger partial charge in [0.15, 0.2) is 5.69 Å². The fourth-order valence-electron chi connectivity index (χ4n) is 4.34. The van der Waals surface area contributed by atoms with Crippen LogP contribution in [0, 0.1) is 0 Å². The number of aromatic amines is 1. The molecule has 1 aliphatic heterocycles. The maximum absolute atomic E-state index is 12.5. The van der Waals surface area contributed by atoms with Crippen molar-refractivity contribution in [3.05, 3.63) is 52.8 Å². The van der Waals surface area contributed by atoms with E-state index in [1.165, 1.54) is 24.8 Å². The molecular formula is C21H28N4O. The van der Waals surface area contributed by atoms with Gasteiger partial charge in [0.25, 0.3) is 5.91 Å². The van der Waals surface area contributed by atoms with Crippen LogP contribution in [0.5, 0.6) is 0 Å². The van der Waals surface area contributed by atoms with Gasteiger partial charge in [-0.25, -0.2) is 0 Å². The number of hydrogen-bond acceptors (Lipinski definition) is 3. The van der Waals surface area contributed by atoms with Crippen molar-refractivity contribution in [3.8, 4) is 0 Å². The average molecular weight is 352 g/mol. The molecule has 4 rings (SSSR count). The number of aryl methyl sites for hydroxylation is 1. The Morgan fingerprint density at radius 2 is 2.04 bits per heavy atom. The van der Waals surface area contributed by atoms with Gasteiger partial charge >= 0.3 is 0 Å². The highest BCUT2D eigenvalue weighted by Gasteiger charge is 2.23. The smallest absolute Gasteiger partial charge is 0.272 e. The van der Waals surface area contributed by atoms with Crippen molar-refractivity contribution in [1.29, 1.82) is 0 Å². The molecule has 138 valence electrons. The van der Waals surface area contributed by atoms with Crippen molar-refractivity contribution in [2.75, 3.05) is 26.2 Å². The highest BCUT2D eigenvalue weighted by molar-refractivity contribution is 5.94. The standard InChI is InChI=1S/C21H28N4O/c26-21(20-18-10-4-5-11-19(18)23-24-20)22-12-14-25-13-6-9-17(15-25)16-7-2-1-3-8-16/h1-3,7-8,17H,4-6,9-15H2,(H,22,26)(H,23,24)/t17-/m1/s1. The van der Waals surface area contributed by atoms with Gasteiger partial charge in [0.1, 0.15) is 0 Å².